The van der Waals surface area contributed by atoms with Crippen molar-refractivity contribution < 1.29 is 14.2 Å². The lowest BCUT2D eigenvalue weighted by Crippen LogP contribution is -2.01. The van der Waals surface area contributed by atoms with Crippen LogP contribution in [0.4, 0.5) is 5.69 Å². The Morgan fingerprint density at radius 1 is 0.576 bits per heavy atom. The van der Waals surface area contributed by atoms with Crippen LogP contribution >= 0.6 is 0 Å². The van der Waals surface area contributed by atoms with E-state index in [0.717, 1.165) is 0 Å². The first-order chi connectivity index (χ1) is 16.1. The Labute approximate surface area is 188 Å². The minimum absolute atomic E-state index is 0.0900. The fraction of sp³-hybridized carbons (Fsp3) is 0. The largest absolute Gasteiger partial charge is 0.424 e. The molecular formula is C24H12N6O3. The summed E-state index contributed by atoms with van der Waals surface area (Å²) in [4.78, 5) is 15.8. The van der Waals surface area contributed by atoms with Gasteiger partial charge in [0.15, 0.2) is 5.69 Å². The molecule has 0 amide bonds. The molecule has 4 rings (SSSR count). The van der Waals surface area contributed by atoms with Gasteiger partial charge in [-0.05, 0) is 60.7 Å². The third-order valence-electron chi connectivity index (χ3n) is 4.13. The third-order valence-corrected chi connectivity index (χ3v) is 4.13. The summed E-state index contributed by atoms with van der Waals surface area (Å²) in [5, 5.41) is 17.9. The summed E-state index contributed by atoms with van der Waals surface area (Å²) >= 11 is 0. The lowest BCUT2D eigenvalue weighted by molar-refractivity contribution is 0.362. The monoisotopic (exact) mass is 432 g/mol. The van der Waals surface area contributed by atoms with Crippen LogP contribution in [0, 0.1) is 29.2 Å². The van der Waals surface area contributed by atoms with Gasteiger partial charge in [-0.1, -0.05) is 12.1 Å². The van der Waals surface area contributed by atoms with Gasteiger partial charge in [-0.3, -0.25) is 0 Å². The van der Waals surface area contributed by atoms with E-state index in [2.05, 4.69) is 19.8 Å². The van der Waals surface area contributed by atoms with E-state index in [4.69, 9.17) is 31.3 Å². The Bertz CT molecular complexity index is 1210. The zero-order valence-corrected chi connectivity index (χ0v) is 16.8. The minimum Gasteiger partial charge on any atom is -0.424 e. The molecule has 4 aromatic rings. The van der Waals surface area contributed by atoms with Gasteiger partial charge in [-0.15, -0.1) is 15.0 Å². The van der Waals surface area contributed by atoms with Crippen LogP contribution in [0.5, 0.6) is 35.3 Å². The molecule has 0 unspecified atom stereocenters. The van der Waals surface area contributed by atoms with Crippen LogP contribution in [0.1, 0.15) is 11.1 Å². The van der Waals surface area contributed by atoms with Crippen LogP contribution in [0.2, 0.25) is 0 Å². The average molecular weight is 432 g/mol. The van der Waals surface area contributed by atoms with E-state index < -0.39 is 0 Å². The summed E-state index contributed by atoms with van der Waals surface area (Å²) in [6.45, 7) is 7.04. The molecule has 9 nitrogen and oxygen atoms in total. The first kappa shape index (κ1) is 20.8. The molecule has 0 spiro atoms. The number of nitrogens with zero attached hydrogens (tertiary/aromatic N) is 6. The fourth-order valence-electron chi connectivity index (χ4n) is 2.56. The minimum atomic E-state index is -0.0915. The number of benzene rings is 3. The van der Waals surface area contributed by atoms with Crippen molar-refractivity contribution >= 4 is 5.69 Å². The first-order valence-electron chi connectivity index (χ1n) is 9.42. The molecule has 0 radical (unpaired) electrons. The molecule has 156 valence electrons. The highest BCUT2D eigenvalue weighted by Gasteiger charge is 2.13. The van der Waals surface area contributed by atoms with Crippen LogP contribution < -0.4 is 14.2 Å². The quantitative estimate of drug-likeness (QED) is 0.364. The Morgan fingerprint density at radius 2 is 0.909 bits per heavy atom. The van der Waals surface area contributed by atoms with Gasteiger partial charge >= 0.3 is 18.0 Å². The van der Waals surface area contributed by atoms with E-state index >= 15 is 0 Å². The molecule has 0 bridgehead atoms. The zero-order chi connectivity index (χ0) is 23.0. The Kier molecular flexibility index (Phi) is 6.03. The van der Waals surface area contributed by atoms with Gasteiger partial charge in [0.05, 0.1) is 29.8 Å². The van der Waals surface area contributed by atoms with Crippen molar-refractivity contribution in [2.75, 3.05) is 0 Å². The number of aromatic nitrogens is 3. The normalized spacial score (nSPS) is 9.73. The Morgan fingerprint density at radius 3 is 1.21 bits per heavy atom. The highest BCUT2D eigenvalue weighted by atomic mass is 16.5. The molecule has 0 N–H and O–H groups in total. The summed E-state index contributed by atoms with van der Waals surface area (Å²) in [6, 6.07) is 23.0. The van der Waals surface area contributed by atoms with Crippen LogP contribution in [0.15, 0.2) is 72.8 Å². The smallest absolute Gasteiger partial charge is 0.331 e. The van der Waals surface area contributed by atoms with E-state index in [1.54, 1.807) is 72.8 Å². The summed E-state index contributed by atoms with van der Waals surface area (Å²) in [5.74, 6) is 1.20. The predicted octanol–water partition coefficient (Wildman–Crippen LogP) is 5.54. The summed E-state index contributed by atoms with van der Waals surface area (Å²) in [5.41, 5.74) is 1.43. The van der Waals surface area contributed by atoms with Gasteiger partial charge in [-0.2, -0.15) is 10.5 Å². The molecule has 0 aliphatic carbocycles. The molecule has 0 fully saturated rings. The highest BCUT2D eigenvalue weighted by Crippen LogP contribution is 2.28. The van der Waals surface area contributed by atoms with Crippen molar-refractivity contribution in [3.63, 3.8) is 0 Å². The zero-order valence-electron chi connectivity index (χ0n) is 16.8. The van der Waals surface area contributed by atoms with Crippen molar-refractivity contribution in [2.24, 2.45) is 0 Å². The lowest BCUT2D eigenvalue weighted by Gasteiger charge is -2.10. The first-order valence-corrected chi connectivity index (χ1v) is 9.42. The second-order valence-corrected chi connectivity index (χ2v) is 6.37. The maximum atomic E-state index is 8.95. The van der Waals surface area contributed by atoms with Crippen LogP contribution in [-0.4, -0.2) is 15.0 Å². The number of ether oxygens (including phenoxy) is 3. The van der Waals surface area contributed by atoms with E-state index in [1.165, 1.54) is 0 Å². The maximum absolute atomic E-state index is 8.95. The van der Waals surface area contributed by atoms with Gasteiger partial charge in [0, 0.05) is 0 Å². The summed E-state index contributed by atoms with van der Waals surface area (Å²) in [7, 11) is 0. The highest BCUT2D eigenvalue weighted by molar-refractivity contribution is 5.47. The maximum Gasteiger partial charge on any atom is 0.331 e. The summed E-state index contributed by atoms with van der Waals surface area (Å²) < 4.78 is 17.1. The molecule has 33 heavy (non-hydrogen) atoms. The Hall–Kier alpha value is -5.46. The standard InChI is InChI=1S/C24H12N6O3/c1-27-18-6-12-21(13-7-18)33-24-29-22(31-19-8-2-16(14-25)3-9-19)28-23(30-24)32-20-10-4-17(15-26)5-11-20/h2-13H. The molecule has 1 heterocycles. The van der Waals surface area contributed by atoms with Crippen molar-refractivity contribution in [1.82, 2.24) is 15.0 Å². The molecule has 3 aromatic carbocycles. The molecule has 0 saturated heterocycles. The SMILES string of the molecule is [C-]#[N+]c1ccc(Oc2nc(Oc3ccc(C#N)cc3)nc(Oc3ccc(C#N)cc3)n2)cc1. The number of hydrogen-bond acceptors (Lipinski definition) is 8. The van der Waals surface area contributed by atoms with Gasteiger partial charge in [0.2, 0.25) is 0 Å². The predicted molar refractivity (Wildman–Crippen MR) is 115 cm³/mol. The topological polar surface area (TPSA) is 118 Å². The molecule has 0 aliphatic rings. The lowest BCUT2D eigenvalue weighted by atomic mass is 10.2. The van der Waals surface area contributed by atoms with Gasteiger partial charge in [-0.25, -0.2) is 4.85 Å². The van der Waals surface area contributed by atoms with Gasteiger partial charge < -0.3 is 14.2 Å². The number of nitriles is 2. The molecule has 0 atom stereocenters. The second-order valence-electron chi connectivity index (χ2n) is 6.37. The average Bonchev–Trinajstić information content (AvgIpc) is 2.85. The molecule has 0 saturated carbocycles. The van der Waals surface area contributed by atoms with Crippen molar-refractivity contribution in [2.45, 2.75) is 0 Å². The van der Waals surface area contributed by atoms with Crippen molar-refractivity contribution in [1.29, 1.82) is 10.5 Å². The van der Waals surface area contributed by atoms with E-state index in [-0.39, 0.29) is 18.0 Å². The molecule has 1 aromatic heterocycles. The fourth-order valence-corrected chi connectivity index (χ4v) is 2.56. The summed E-state index contributed by atoms with van der Waals surface area (Å²) in [6.07, 6.45) is 0. The van der Waals surface area contributed by atoms with Crippen LogP contribution in [-0.2, 0) is 0 Å². The van der Waals surface area contributed by atoms with Crippen LogP contribution in [0.3, 0.4) is 0 Å². The van der Waals surface area contributed by atoms with Gasteiger partial charge in [0.25, 0.3) is 0 Å². The number of rotatable bonds is 6. The third kappa shape index (κ3) is 5.37. The molecule has 9 heteroatoms. The molecule has 0 aliphatic heterocycles. The van der Waals surface area contributed by atoms with E-state index in [1.807, 2.05) is 12.1 Å². The van der Waals surface area contributed by atoms with Crippen LogP contribution in [0.25, 0.3) is 4.85 Å². The second kappa shape index (κ2) is 9.57. The van der Waals surface area contributed by atoms with Gasteiger partial charge in [0.1, 0.15) is 17.2 Å². The molecular weight excluding hydrogens is 420 g/mol. The van der Waals surface area contributed by atoms with Crippen molar-refractivity contribution in [3.05, 3.63) is 95.3 Å². The Balaban J connectivity index is 1.63. The van der Waals surface area contributed by atoms with Crippen molar-refractivity contribution in [3.8, 4) is 47.4 Å². The number of hydrogen-bond donors (Lipinski definition) is 0. The van der Waals surface area contributed by atoms with E-state index in [0.29, 0.717) is 34.1 Å². The van der Waals surface area contributed by atoms with E-state index in [9.17, 15) is 0 Å².